The maximum Gasteiger partial charge on any atom is 0.295 e. The van der Waals surface area contributed by atoms with Crippen molar-refractivity contribution in [1.29, 1.82) is 0 Å². The Morgan fingerprint density at radius 2 is 1.79 bits per heavy atom. The van der Waals surface area contributed by atoms with Crippen LogP contribution < -0.4 is 0 Å². The van der Waals surface area contributed by atoms with E-state index < -0.39 is 23.8 Å². The number of Topliss-reactive ketones (excluding diaryl/α,β-unsaturated/α-hetero) is 1. The normalized spacial score (nSPS) is 19.9. The van der Waals surface area contributed by atoms with Gasteiger partial charge in [0.15, 0.2) is 0 Å². The topological polar surface area (TPSA) is 77.8 Å². The quantitative estimate of drug-likeness (QED) is 0.444. The van der Waals surface area contributed by atoms with E-state index >= 15 is 0 Å². The molecule has 1 aliphatic rings. The first-order chi connectivity index (χ1) is 13.2. The zero-order valence-electron chi connectivity index (χ0n) is 15.3. The summed E-state index contributed by atoms with van der Waals surface area (Å²) in [6.45, 7) is 3.33. The molecule has 146 valence electrons. The SMILES string of the molecule is Cc1ccc(C(O)=C2C(=O)C(=O)N(C[C@@H](C)O)[C@H]2c2ccc(Cl)cc2Cl)cc1. The summed E-state index contributed by atoms with van der Waals surface area (Å²) in [4.78, 5) is 26.7. The maximum absolute atomic E-state index is 12.8. The van der Waals surface area contributed by atoms with Crippen LogP contribution >= 0.6 is 23.2 Å². The highest BCUT2D eigenvalue weighted by Gasteiger charge is 2.47. The smallest absolute Gasteiger partial charge is 0.295 e. The van der Waals surface area contributed by atoms with Crippen LogP contribution in [0, 0.1) is 6.92 Å². The minimum Gasteiger partial charge on any atom is -0.507 e. The fourth-order valence-corrected chi connectivity index (χ4v) is 3.78. The van der Waals surface area contributed by atoms with Gasteiger partial charge in [-0.3, -0.25) is 9.59 Å². The van der Waals surface area contributed by atoms with Crippen LogP contribution in [0.5, 0.6) is 0 Å². The molecule has 2 atom stereocenters. The number of likely N-dealkylation sites (tertiary alicyclic amines) is 1. The molecular weight excluding hydrogens is 401 g/mol. The molecule has 0 unspecified atom stereocenters. The van der Waals surface area contributed by atoms with Crippen molar-refractivity contribution in [1.82, 2.24) is 4.90 Å². The summed E-state index contributed by atoms with van der Waals surface area (Å²) in [5.74, 6) is -1.91. The summed E-state index contributed by atoms with van der Waals surface area (Å²) >= 11 is 12.3. The molecular formula is C21H19Cl2NO4. The van der Waals surface area contributed by atoms with E-state index in [0.717, 1.165) is 5.56 Å². The Hall–Kier alpha value is -2.34. The highest BCUT2D eigenvalue weighted by atomic mass is 35.5. The van der Waals surface area contributed by atoms with Crippen LogP contribution in [0.1, 0.15) is 29.7 Å². The Bertz CT molecular complexity index is 967. The Morgan fingerprint density at radius 3 is 2.36 bits per heavy atom. The summed E-state index contributed by atoms with van der Waals surface area (Å²) in [5, 5.41) is 21.4. The molecule has 1 fully saturated rings. The van der Waals surface area contributed by atoms with Gasteiger partial charge >= 0.3 is 0 Å². The molecule has 2 aromatic carbocycles. The van der Waals surface area contributed by atoms with E-state index in [4.69, 9.17) is 23.2 Å². The van der Waals surface area contributed by atoms with Crippen molar-refractivity contribution in [2.45, 2.75) is 26.0 Å². The van der Waals surface area contributed by atoms with Crippen molar-refractivity contribution in [3.8, 4) is 0 Å². The maximum atomic E-state index is 12.8. The van der Waals surface area contributed by atoms with Gasteiger partial charge in [-0.2, -0.15) is 0 Å². The molecule has 1 amide bonds. The summed E-state index contributed by atoms with van der Waals surface area (Å²) in [5.41, 5.74) is 1.78. The van der Waals surface area contributed by atoms with Gasteiger partial charge in [-0.1, -0.05) is 59.1 Å². The Morgan fingerprint density at radius 1 is 1.14 bits per heavy atom. The standard InChI is InChI=1S/C21H19Cl2NO4/c1-11-3-5-13(6-4-11)19(26)17-18(15-8-7-14(22)9-16(15)23)24(10-12(2)25)21(28)20(17)27/h3-9,12,18,25-26H,10H2,1-2H3/t12-,18+/m1/s1. The summed E-state index contributed by atoms with van der Waals surface area (Å²) in [6, 6.07) is 10.7. The van der Waals surface area contributed by atoms with Gasteiger partial charge in [-0.25, -0.2) is 0 Å². The van der Waals surface area contributed by atoms with Gasteiger partial charge in [0.1, 0.15) is 5.76 Å². The number of benzene rings is 2. The zero-order valence-corrected chi connectivity index (χ0v) is 16.8. The zero-order chi connectivity index (χ0) is 20.6. The minimum atomic E-state index is -0.930. The third-order valence-electron chi connectivity index (χ3n) is 4.58. The number of β-amino-alcohol motifs (C(OH)–C–C–N with tert-alkyl or cyclic N) is 1. The van der Waals surface area contributed by atoms with E-state index in [2.05, 4.69) is 0 Å². The first kappa shape index (κ1) is 20.4. The number of hydrogen-bond acceptors (Lipinski definition) is 4. The van der Waals surface area contributed by atoms with Gasteiger partial charge in [0.2, 0.25) is 0 Å². The number of amides is 1. The van der Waals surface area contributed by atoms with Crippen molar-refractivity contribution in [3.05, 3.63) is 74.8 Å². The lowest BCUT2D eigenvalue weighted by molar-refractivity contribution is -0.140. The monoisotopic (exact) mass is 419 g/mol. The van der Waals surface area contributed by atoms with Crippen molar-refractivity contribution in [2.24, 2.45) is 0 Å². The molecule has 1 heterocycles. The number of aryl methyl sites for hydroxylation is 1. The predicted molar refractivity (Wildman–Crippen MR) is 108 cm³/mol. The fourth-order valence-electron chi connectivity index (χ4n) is 3.27. The van der Waals surface area contributed by atoms with Crippen LogP contribution in [-0.4, -0.2) is 39.5 Å². The first-order valence-corrected chi connectivity index (χ1v) is 9.44. The lowest BCUT2D eigenvalue weighted by atomic mass is 9.95. The molecule has 7 heteroatoms. The van der Waals surface area contributed by atoms with E-state index in [1.54, 1.807) is 36.4 Å². The molecule has 0 spiro atoms. The highest BCUT2D eigenvalue weighted by Crippen LogP contribution is 2.42. The second-order valence-corrected chi connectivity index (χ2v) is 7.68. The number of halogens is 2. The number of ketones is 1. The molecule has 0 aliphatic carbocycles. The molecule has 3 rings (SSSR count). The van der Waals surface area contributed by atoms with Crippen LogP contribution in [0.4, 0.5) is 0 Å². The van der Waals surface area contributed by atoms with Gasteiger partial charge in [0.05, 0.1) is 17.7 Å². The van der Waals surface area contributed by atoms with Crippen molar-refractivity contribution >= 4 is 40.7 Å². The second-order valence-electron chi connectivity index (χ2n) is 6.83. The molecule has 2 N–H and O–H groups in total. The molecule has 0 radical (unpaired) electrons. The van der Waals surface area contributed by atoms with Crippen molar-refractivity contribution in [2.75, 3.05) is 6.54 Å². The van der Waals surface area contributed by atoms with Crippen molar-refractivity contribution in [3.63, 3.8) is 0 Å². The van der Waals surface area contributed by atoms with E-state index in [-0.39, 0.29) is 22.9 Å². The van der Waals surface area contributed by atoms with Gasteiger partial charge in [-0.15, -0.1) is 0 Å². The molecule has 0 saturated carbocycles. The van der Waals surface area contributed by atoms with Crippen LogP contribution in [0.2, 0.25) is 10.0 Å². The van der Waals surface area contributed by atoms with E-state index in [1.807, 2.05) is 6.92 Å². The lowest BCUT2D eigenvalue weighted by Crippen LogP contribution is -2.35. The Kier molecular flexibility index (Phi) is 5.79. The van der Waals surface area contributed by atoms with Gasteiger partial charge in [-0.05, 0) is 31.5 Å². The molecule has 1 saturated heterocycles. The number of carbonyl (C=O) groups excluding carboxylic acids is 2. The van der Waals surface area contributed by atoms with E-state index in [9.17, 15) is 19.8 Å². The number of aliphatic hydroxyl groups excluding tert-OH is 2. The van der Waals surface area contributed by atoms with Crippen LogP contribution in [0.15, 0.2) is 48.0 Å². The van der Waals surface area contributed by atoms with Gasteiger partial charge in [0.25, 0.3) is 11.7 Å². The number of aliphatic hydroxyl groups is 2. The summed E-state index contributed by atoms with van der Waals surface area (Å²) in [6.07, 6.45) is -0.869. The molecule has 1 aliphatic heterocycles. The second kappa shape index (κ2) is 7.95. The third kappa shape index (κ3) is 3.78. The van der Waals surface area contributed by atoms with Gasteiger partial charge in [0, 0.05) is 22.2 Å². The molecule has 2 aromatic rings. The molecule has 0 aromatic heterocycles. The van der Waals surface area contributed by atoms with Crippen LogP contribution in [0.25, 0.3) is 5.76 Å². The Balaban J connectivity index is 2.22. The molecule has 0 bridgehead atoms. The van der Waals surface area contributed by atoms with E-state index in [0.29, 0.717) is 16.1 Å². The minimum absolute atomic E-state index is 0.0706. The average Bonchev–Trinajstić information content (AvgIpc) is 2.86. The average molecular weight is 420 g/mol. The molecule has 28 heavy (non-hydrogen) atoms. The van der Waals surface area contributed by atoms with Crippen LogP contribution in [0.3, 0.4) is 0 Å². The summed E-state index contributed by atoms with van der Waals surface area (Å²) < 4.78 is 0. The largest absolute Gasteiger partial charge is 0.507 e. The number of carbonyl (C=O) groups is 2. The van der Waals surface area contributed by atoms with E-state index in [1.165, 1.54) is 17.9 Å². The predicted octanol–water partition coefficient (Wildman–Crippen LogP) is 4.10. The number of hydrogen-bond donors (Lipinski definition) is 2. The van der Waals surface area contributed by atoms with Crippen molar-refractivity contribution < 1.29 is 19.8 Å². The fraction of sp³-hybridized carbons (Fsp3) is 0.238. The third-order valence-corrected chi connectivity index (χ3v) is 5.15. The van der Waals surface area contributed by atoms with Gasteiger partial charge < -0.3 is 15.1 Å². The Labute approximate surface area is 172 Å². The first-order valence-electron chi connectivity index (χ1n) is 8.69. The molecule has 5 nitrogen and oxygen atoms in total. The highest BCUT2D eigenvalue weighted by molar-refractivity contribution is 6.47. The number of rotatable bonds is 4. The lowest BCUT2D eigenvalue weighted by Gasteiger charge is -2.27. The number of nitrogens with zero attached hydrogens (tertiary/aromatic N) is 1. The van der Waals surface area contributed by atoms with Crippen LogP contribution in [-0.2, 0) is 9.59 Å². The summed E-state index contributed by atoms with van der Waals surface area (Å²) in [7, 11) is 0.